The maximum absolute atomic E-state index is 13.0. The Bertz CT molecular complexity index is 679. The summed E-state index contributed by atoms with van der Waals surface area (Å²) in [5, 5.41) is 0. The van der Waals surface area contributed by atoms with E-state index in [1.807, 2.05) is 18.2 Å². The van der Waals surface area contributed by atoms with Gasteiger partial charge in [0.2, 0.25) is 0 Å². The van der Waals surface area contributed by atoms with Crippen LogP contribution in [0.25, 0.3) is 0 Å². The van der Waals surface area contributed by atoms with Gasteiger partial charge in [0.05, 0.1) is 0 Å². The lowest BCUT2D eigenvalue weighted by Crippen LogP contribution is -2.48. The van der Waals surface area contributed by atoms with Gasteiger partial charge in [0.1, 0.15) is 0 Å². The van der Waals surface area contributed by atoms with E-state index in [1.165, 1.54) is 30.4 Å². The molecule has 2 atom stereocenters. The molecule has 2 aliphatic rings. The highest BCUT2D eigenvalue weighted by molar-refractivity contribution is 5.97. The first-order chi connectivity index (χ1) is 10.8. The molecule has 22 heavy (non-hydrogen) atoms. The maximum Gasteiger partial charge on any atom is 0.254 e. The van der Waals surface area contributed by atoms with Crippen molar-refractivity contribution in [1.82, 2.24) is 4.90 Å². The lowest BCUT2D eigenvalue weighted by atomic mass is 9.74. The molecule has 112 valence electrons. The van der Waals surface area contributed by atoms with E-state index in [0.29, 0.717) is 12.0 Å². The molecule has 1 amide bonds. The molecule has 2 aromatic carbocycles. The molecule has 1 fully saturated rings. The fraction of sp³-hybridized carbons (Fsp3) is 0.350. The summed E-state index contributed by atoms with van der Waals surface area (Å²) in [6, 6.07) is 19.0. The summed E-state index contributed by atoms with van der Waals surface area (Å²) in [4.78, 5) is 15.1. The molecule has 4 rings (SSSR count). The molecule has 0 N–H and O–H groups in total. The predicted molar refractivity (Wildman–Crippen MR) is 87.8 cm³/mol. The highest BCUT2D eigenvalue weighted by atomic mass is 16.2. The van der Waals surface area contributed by atoms with Crippen LogP contribution in [0.3, 0.4) is 0 Å². The van der Waals surface area contributed by atoms with Gasteiger partial charge in [-0.3, -0.25) is 4.79 Å². The zero-order chi connectivity index (χ0) is 14.9. The molecule has 0 saturated heterocycles. The number of rotatable bonds is 2. The Balaban J connectivity index is 1.73. The first kappa shape index (κ1) is 13.6. The average molecular weight is 291 g/mol. The molecule has 2 nitrogen and oxygen atoms in total. The number of amides is 1. The second-order valence-corrected chi connectivity index (χ2v) is 6.46. The minimum Gasteiger partial charge on any atom is -0.331 e. The standard InChI is InChI=1S/C20H21NO/c22-20-18-12-5-4-10-16(18)17-11-6-7-13-19(17)21(20)14-15-8-2-1-3-9-15/h1-5,8-10,12,17,19H,6-7,11,13-14H2/t17-,19+/m1/s1. The van der Waals surface area contributed by atoms with Crippen LogP contribution in [-0.2, 0) is 6.54 Å². The zero-order valence-corrected chi connectivity index (χ0v) is 12.7. The van der Waals surface area contributed by atoms with E-state index in [4.69, 9.17) is 0 Å². The van der Waals surface area contributed by atoms with Gasteiger partial charge in [-0.25, -0.2) is 0 Å². The second-order valence-electron chi connectivity index (χ2n) is 6.46. The monoisotopic (exact) mass is 291 g/mol. The van der Waals surface area contributed by atoms with Gasteiger partial charge in [0, 0.05) is 24.1 Å². The van der Waals surface area contributed by atoms with Gasteiger partial charge in [0.15, 0.2) is 0 Å². The van der Waals surface area contributed by atoms with E-state index >= 15 is 0 Å². The highest BCUT2D eigenvalue weighted by Crippen LogP contribution is 2.42. The molecular formula is C20H21NO. The van der Waals surface area contributed by atoms with Gasteiger partial charge in [-0.1, -0.05) is 61.4 Å². The van der Waals surface area contributed by atoms with E-state index in [1.54, 1.807) is 0 Å². The van der Waals surface area contributed by atoms with Crippen molar-refractivity contribution in [2.24, 2.45) is 0 Å². The van der Waals surface area contributed by atoms with Crippen LogP contribution in [-0.4, -0.2) is 16.8 Å². The number of carbonyl (C=O) groups is 1. The first-order valence-corrected chi connectivity index (χ1v) is 8.28. The van der Waals surface area contributed by atoms with Crippen LogP contribution in [0, 0.1) is 0 Å². The van der Waals surface area contributed by atoms with Crippen molar-refractivity contribution < 1.29 is 4.79 Å². The topological polar surface area (TPSA) is 20.3 Å². The number of benzene rings is 2. The SMILES string of the molecule is O=C1c2ccccc2[C@H]2CCCC[C@@H]2N1Cc1ccccc1. The maximum atomic E-state index is 13.0. The van der Waals surface area contributed by atoms with Crippen LogP contribution in [0.5, 0.6) is 0 Å². The third-order valence-electron chi connectivity index (χ3n) is 5.18. The zero-order valence-electron chi connectivity index (χ0n) is 12.7. The fourth-order valence-electron chi connectivity index (χ4n) is 4.14. The summed E-state index contributed by atoms with van der Waals surface area (Å²) in [6.45, 7) is 0.731. The first-order valence-electron chi connectivity index (χ1n) is 8.28. The Hall–Kier alpha value is -2.09. The number of hydrogen-bond acceptors (Lipinski definition) is 1. The van der Waals surface area contributed by atoms with Crippen LogP contribution in [0.15, 0.2) is 54.6 Å². The lowest BCUT2D eigenvalue weighted by Gasteiger charge is -2.45. The Morgan fingerprint density at radius 3 is 2.50 bits per heavy atom. The lowest BCUT2D eigenvalue weighted by molar-refractivity contribution is 0.0534. The van der Waals surface area contributed by atoms with Crippen molar-refractivity contribution in [2.45, 2.75) is 44.2 Å². The normalized spacial score (nSPS) is 23.8. The summed E-state index contributed by atoms with van der Waals surface area (Å²) in [5.74, 6) is 0.731. The summed E-state index contributed by atoms with van der Waals surface area (Å²) < 4.78 is 0. The largest absolute Gasteiger partial charge is 0.331 e. The van der Waals surface area contributed by atoms with Crippen LogP contribution < -0.4 is 0 Å². The Morgan fingerprint density at radius 1 is 0.909 bits per heavy atom. The molecule has 1 heterocycles. The van der Waals surface area contributed by atoms with Gasteiger partial charge < -0.3 is 4.90 Å². The summed E-state index contributed by atoms with van der Waals surface area (Å²) >= 11 is 0. The summed E-state index contributed by atoms with van der Waals surface area (Å²) in [7, 11) is 0. The van der Waals surface area contributed by atoms with Crippen molar-refractivity contribution in [3.8, 4) is 0 Å². The van der Waals surface area contributed by atoms with Crippen LogP contribution in [0.4, 0.5) is 0 Å². The molecule has 1 aliphatic heterocycles. The van der Waals surface area contributed by atoms with Crippen LogP contribution in [0.1, 0.15) is 53.1 Å². The molecule has 0 radical (unpaired) electrons. The van der Waals surface area contributed by atoms with E-state index < -0.39 is 0 Å². The average Bonchev–Trinajstić information content (AvgIpc) is 2.59. The minimum atomic E-state index is 0.211. The number of carbonyl (C=O) groups excluding carboxylic acids is 1. The molecule has 0 spiro atoms. The fourth-order valence-corrected chi connectivity index (χ4v) is 4.14. The second kappa shape index (κ2) is 5.60. The van der Waals surface area contributed by atoms with Crippen molar-refractivity contribution in [2.75, 3.05) is 0 Å². The van der Waals surface area contributed by atoms with Gasteiger partial charge >= 0.3 is 0 Å². The summed E-state index contributed by atoms with van der Waals surface area (Å²) in [6.07, 6.45) is 4.86. The van der Waals surface area contributed by atoms with E-state index in [2.05, 4.69) is 41.3 Å². The molecule has 0 bridgehead atoms. The van der Waals surface area contributed by atoms with Crippen molar-refractivity contribution in [1.29, 1.82) is 0 Å². The van der Waals surface area contributed by atoms with Crippen molar-refractivity contribution in [3.63, 3.8) is 0 Å². The van der Waals surface area contributed by atoms with Crippen LogP contribution in [0.2, 0.25) is 0 Å². The molecule has 1 saturated carbocycles. The van der Waals surface area contributed by atoms with Gasteiger partial charge in [-0.2, -0.15) is 0 Å². The Labute approximate surface area is 131 Å². The third kappa shape index (κ3) is 2.23. The van der Waals surface area contributed by atoms with E-state index in [0.717, 1.165) is 18.5 Å². The molecule has 0 aromatic heterocycles. The molecular weight excluding hydrogens is 270 g/mol. The smallest absolute Gasteiger partial charge is 0.254 e. The predicted octanol–water partition coefficient (Wildman–Crippen LogP) is 4.37. The highest BCUT2D eigenvalue weighted by Gasteiger charge is 2.40. The van der Waals surface area contributed by atoms with Crippen molar-refractivity contribution in [3.05, 3.63) is 71.3 Å². The van der Waals surface area contributed by atoms with E-state index in [9.17, 15) is 4.79 Å². The number of fused-ring (bicyclic) bond motifs is 3. The van der Waals surface area contributed by atoms with E-state index in [-0.39, 0.29) is 5.91 Å². The third-order valence-corrected chi connectivity index (χ3v) is 5.18. The molecule has 1 aliphatic carbocycles. The summed E-state index contributed by atoms with van der Waals surface area (Å²) in [5.41, 5.74) is 3.42. The Morgan fingerprint density at radius 2 is 1.64 bits per heavy atom. The minimum absolute atomic E-state index is 0.211. The molecule has 0 unspecified atom stereocenters. The quantitative estimate of drug-likeness (QED) is 0.804. The molecule has 2 aromatic rings. The number of hydrogen-bond donors (Lipinski definition) is 0. The van der Waals surface area contributed by atoms with Gasteiger partial charge in [0.25, 0.3) is 5.91 Å². The Kier molecular flexibility index (Phi) is 3.45. The molecule has 2 heteroatoms. The van der Waals surface area contributed by atoms with Crippen LogP contribution >= 0.6 is 0 Å². The number of nitrogens with zero attached hydrogens (tertiary/aromatic N) is 1. The van der Waals surface area contributed by atoms with Gasteiger partial charge in [-0.05, 0) is 30.0 Å². The van der Waals surface area contributed by atoms with Gasteiger partial charge in [-0.15, -0.1) is 0 Å². The van der Waals surface area contributed by atoms with Crippen molar-refractivity contribution >= 4 is 5.91 Å².